The molecule has 0 radical (unpaired) electrons. The van der Waals surface area contributed by atoms with Crippen molar-refractivity contribution < 1.29 is 4.79 Å². The van der Waals surface area contributed by atoms with E-state index in [1.54, 1.807) is 0 Å². The Morgan fingerprint density at radius 1 is 1.36 bits per heavy atom. The van der Waals surface area contributed by atoms with Crippen LogP contribution in [-0.2, 0) is 4.79 Å². The first-order chi connectivity index (χ1) is 6.79. The molecular formula is C11H14N2O. The van der Waals surface area contributed by atoms with E-state index in [1.165, 1.54) is 0 Å². The Kier molecular flexibility index (Phi) is 2.39. The number of hydrogen-bond acceptors (Lipinski definition) is 2. The molecule has 1 unspecified atom stereocenters. The molecule has 0 aliphatic carbocycles. The van der Waals surface area contributed by atoms with E-state index < -0.39 is 0 Å². The highest BCUT2D eigenvalue weighted by Gasteiger charge is 2.27. The first-order valence-corrected chi connectivity index (χ1v) is 4.84. The number of nitrogens with one attached hydrogen (secondary N) is 1. The van der Waals surface area contributed by atoms with Crippen LogP contribution in [0.4, 0.5) is 5.69 Å². The highest BCUT2D eigenvalue weighted by Crippen LogP contribution is 2.17. The summed E-state index contributed by atoms with van der Waals surface area (Å²) in [5, 5.41) is 2.84. The Morgan fingerprint density at radius 2 is 2.07 bits per heavy atom. The summed E-state index contributed by atoms with van der Waals surface area (Å²) in [5.41, 5.74) is 1.09. The molecule has 0 aromatic heterocycles. The summed E-state index contributed by atoms with van der Waals surface area (Å²) < 4.78 is 0. The van der Waals surface area contributed by atoms with E-state index in [0.29, 0.717) is 0 Å². The second kappa shape index (κ2) is 3.70. The molecule has 3 nitrogen and oxygen atoms in total. The van der Waals surface area contributed by atoms with Crippen molar-refractivity contribution in [3.8, 4) is 0 Å². The maximum Gasteiger partial charge on any atom is 0.242 e. The van der Waals surface area contributed by atoms with Crippen LogP contribution >= 0.6 is 0 Å². The Morgan fingerprint density at radius 3 is 2.64 bits per heavy atom. The van der Waals surface area contributed by atoms with Gasteiger partial charge in [-0.2, -0.15) is 0 Å². The van der Waals surface area contributed by atoms with Gasteiger partial charge in [-0.3, -0.25) is 4.79 Å². The average molecular weight is 190 g/mol. The quantitative estimate of drug-likeness (QED) is 0.755. The molecule has 1 saturated heterocycles. The molecule has 14 heavy (non-hydrogen) atoms. The summed E-state index contributed by atoms with van der Waals surface area (Å²) in [4.78, 5) is 13.5. The SMILES string of the molecule is CN(c1ccccc1)C1CCNC1=O. The smallest absolute Gasteiger partial charge is 0.242 e. The van der Waals surface area contributed by atoms with Crippen LogP contribution in [0, 0.1) is 0 Å². The van der Waals surface area contributed by atoms with Crippen molar-refractivity contribution in [1.82, 2.24) is 5.32 Å². The molecular weight excluding hydrogens is 176 g/mol. The van der Waals surface area contributed by atoms with Gasteiger partial charge in [-0.1, -0.05) is 18.2 Å². The number of amides is 1. The third kappa shape index (κ3) is 1.58. The molecule has 0 spiro atoms. The van der Waals surface area contributed by atoms with Gasteiger partial charge in [0.25, 0.3) is 0 Å². The van der Waals surface area contributed by atoms with Crippen molar-refractivity contribution in [2.45, 2.75) is 12.5 Å². The topological polar surface area (TPSA) is 32.3 Å². The van der Waals surface area contributed by atoms with Gasteiger partial charge in [0.1, 0.15) is 6.04 Å². The Labute approximate surface area is 83.7 Å². The van der Waals surface area contributed by atoms with Crippen LogP contribution in [0.1, 0.15) is 6.42 Å². The number of likely N-dealkylation sites (N-methyl/N-ethyl adjacent to an activating group) is 1. The third-order valence-electron chi connectivity index (χ3n) is 2.65. The highest BCUT2D eigenvalue weighted by molar-refractivity contribution is 5.87. The number of rotatable bonds is 2. The summed E-state index contributed by atoms with van der Waals surface area (Å²) in [6.45, 7) is 0.792. The van der Waals surface area contributed by atoms with Crippen molar-refractivity contribution in [2.75, 3.05) is 18.5 Å². The van der Waals surface area contributed by atoms with Crippen LogP contribution in [0.2, 0.25) is 0 Å². The van der Waals surface area contributed by atoms with Gasteiger partial charge in [0.05, 0.1) is 0 Å². The summed E-state index contributed by atoms with van der Waals surface area (Å²) >= 11 is 0. The zero-order valence-electron chi connectivity index (χ0n) is 8.23. The van der Waals surface area contributed by atoms with E-state index in [9.17, 15) is 4.79 Å². The van der Waals surface area contributed by atoms with Gasteiger partial charge in [-0.25, -0.2) is 0 Å². The van der Waals surface area contributed by atoms with E-state index in [1.807, 2.05) is 42.3 Å². The molecule has 2 rings (SSSR count). The molecule has 1 aromatic rings. The number of nitrogens with zero attached hydrogens (tertiary/aromatic N) is 1. The monoisotopic (exact) mass is 190 g/mol. The van der Waals surface area contributed by atoms with Crippen LogP contribution in [0.3, 0.4) is 0 Å². The van der Waals surface area contributed by atoms with Crippen molar-refractivity contribution in [3.63, 3.8) is 0 Å². The van der Waals surface area contributed by atoms with Crippen molar-refractivity contribution in [1.29, 1.82) is 0 Å². The molecule has 1 N–H and O–H groups in total. The fourth-order valence-electron chi connectivity index (χ4n) is 1.79. The lowest BCUT2D eigenvalue weighted by atomic mass is 10.2. The van der Waals surface area contributed by atoms with Gasteiger partial charge < -0.3 is 10.2 Å². The minimum atomic E-state index is -0.00241. The molecule has 0 bridgehead atoms. The zero-order chi connectivity index (χ0) is 9.97. The normalized spacial score (nSPS) is 20.6. The number of anilines is 1. The lowest BCUT2D eigenvalue weighted by Crippen LogP contribution is -2.37. The van der Waals surface area contributed by atoms with Gasteiger partial charge in [0.2, 0.25) is 5.91 Å². The second-order valence-corrected chi connectivity index (χ2v) is 3.54. The maximum absolute atomic E-state index is 11.4. The van der Waals surface area contributed by atoms with Crippen molar-refractivity contribution in [3.05, 3.63) is 30.3 Å². The summed E-state index contributed by atoms with van der Waals surface area (Å²) in [5.74, 6) is 0.136. The molecule has 0 saturated carbocycles. The van der Waals surface area contributed by atoms with Crippen LogP contribution in [0.5, 0.6) is 0 Å². The summed E-state index contributed by atoms with van der Waals surface area (Å²) in [6, 6.07) is 9.98. The molecule has 1 aliphatic rings. The fourth-order valence-corrected chi connectivity index (χ4v) is 1.79. The highest BCUT2D eigenvalue weighted by atomic mass is 16.2. The van der Waals surface area contributed by atoms with E-state index in [-0.39, 0.29) is 11.9 Å². The van der Waals surface area contributed by atoms with Gasteiger partial charge in [-0.05, 0) is 18.6 Å². The van der Waals surface area contributed by atoms with Crippen molar-refractivity contribution in [2.24, 2.45) is 0 Å². The number of hydrogen-bond donors (Lipinski definition) is 1. The minimum Gasteiger partial charge on any atom is -0.363 e. The van der Waals surface area contributed by atoms with Gasteiger partial charge in [-0.15, -0.1) is 0 Å². The number of carbonyl (C=O) groups is 1. The molecule has 1 amide bonds. The molecule has 1 aliphatic heterocycles. The maximum atomic E-state index is 11.4. The predicted molar refractivity (Wildman–Crippen MR) is 56.3 cm³/mol. The fraction of sp³-hybridized carbons (Fsp3) is 0.364. The van der Waals surface area contributed by atoms with Gasteiger partial charge in [0, 0.05) is 19.3 Å². The van der Waals surface area contributed by atoms with E-state index in [4.69, 9.17) is 0 Å². The predicted octanol–water partition coefficient (Wildman–Crippen LogP) is 1.01. The van der Waals surface area contributed by atoms with E-state index in [2.05, 4.69) is 5.32 Å². The Bertz CT molecular complexity index is 323. The average Bonchev–Trinajstić information content (AvgIpc) is 2.65. The molecule has 1 heterocycles. The summed E-state index contributed by atoms with van der Waals surface area (Å²) in [7, 11) is 1.96. The number of benzene rings is 1. The Balaban J connectivity index is 2.16. The van der Waals surface area contributed by atoms with Gasteiger partial charge >= 0.3 is 0 Å². The summed E-state index contributed by atoms with van der Waals surface area (Å²) in [6.07, 6.45) is 0.893. The number of carbonyl (C=O) groups excluding carboxylic acids is 1. The molecule has 1 fully saturated rings. The van der Waals surface area contributed by atoms with Crippen LogP contribution in [-0.4, -0.2) is 25.5 Å². The third-order valence-corrected chi connectivity index (χ3v) is 2.65. The molecule has 1 atom stereocenters. The lowest BCUT2D eigenvalue weighted by Gasteiger charge is -2.24. The second-order valence-electron chi connectivity index (χ2n) is 3.54. The van der Waals surface area contributed by atoms with E-state index in [0.717, 1.165) is 18.7 Å². The van der Waals surface area contributed by atoms with E-state index >= 15 is 0 Å². The minimum absolute atomic E-state index is 0.00241. The van der Waals surface area contributed by atoms with Gasteiger partial charge in [0.15, 0.2) is 0 Å². The molecule has 74 valence electrons. The van der Waals surface area contributed by atoms with Crippen LogP contribution < -0.4 is 10.2 Å². The molecule has 3 heteroatoms. The standard InChI is InChI=1S/C11H14N2O/c1-13(9-5-3-2-4-6-9)10-7-8-12-11(10)14/h2-6,10H,7-8H2,1H3,(H,12,14). The Hall–Kier alpha value is -1.51. The van der Waals surface area contributed by atoms with Crippen molar-refractivity contribution >= 4 is 11.6 Å². The molecule has 1 aromatic carbocycles. The van der Waals surface area contributed by atoms with Crippen LogP contribution in [0.25, 0.3) is 0 Å². The zero-order valence-corrected chi connectivity index (χ0v) is 8.23. The largest absolute Gasteiger partial charge is 0.363 e. The number of para-hydroxylation sites is 1. The first-order valence-electron chi connectivity index (χ1n) is 4.84. The first kappa shape index (κ1) is 9.06. The van der Waals surface area contributed by atoms with Crippen LogP contribution in [0.15, 0.2) is 30.3 Å². The lowest BCUT2D eigenvalue weighted by molar-refractivity contribution is -0.120.